The number of rotatable bonds is 11. The maximum atomic E-state index is 3.50. The van der Waals surface area contributed by atoms with Crippen LogP contribution in [0.4, 0.5) is 0 Å². The summed E-state index contributed by atoms with van der Waals surface area (Å²) < 4.78 is 0. The van der Waals surface area contributed by atoms with E-state index >= 15 is 0 Å². The van der Waals surface area contributed by atoms with Crippen molar-refractivity contribution in [1.29, 1.82) is 0 Å². The van der Waals surface area contributed by atoms with Crippen LogP contribution in [-0.4, -0.2) is 29.4 Å². The molecule has 0 N–H and O–H groups in total. The van der Waals surface area contributed by atoms with Crippen LogP contribution >= 0.6 is 15.9 Å². The van der Waals surface area contributed by atoms with Gasteiger partial charge in [0.05, 0.1) is 0 Å². The first-order valence-electron chi connectivity index (χ1n) is 8.68. The molecule has 1 fully saturated rings. The Morgan fingerprint density at radius 1 is 0.947 bits per heavy atom. The molecule has 0 aromatic rings. The van der Waals surface area contributed by atoms with Crippen molar-refractivity contribution in [3.8, 4) is 0 Å². The van der Waals surface area contributed by atoms with Gasteiger partial charge in [0, 0.05) is 11.4 Å². The molecule has 1 atom stereocenters. The maximum absolute atomic E-state index is 3.50. The van der Waals surface area contributed by atoms with Crippen LogP contribution in [0, 0.1) is 0 Å². The largest absolute Gasteiger partial charge is 0.300 e. The van der Waals surface area contributed by atoms with E-state index in [-0.39, 0.29) is 0 Å². The van der Waals surface area contributed by atoms with Gasteiger partial charge in [-0.25, -0.2) is 0 Å². The molecule has 0 aromatic carbocycles. The van der Waals surface area contributed by atoms with E-state index in [4.69, 9.17) is 0 Å². The van der Waals surface area contributed by atoms with Crippen molar-refractivity contribution < 1.29 is 0 Å². The molecular weight excluding hydrogens is 298 g/mol. The highest BCUT2D eigenvalue weighted by atomic mass is 79.9. The van der Waals surface area contributed by atoms with E-state index in [1.54, 1.807) is 0 Å². The number of alkyl halides is 1. The Hall–Kier alpha value is 0.440. The minimum absolute atomic E-state index is 0.915. The zero-order valence-corrected chi connectivity index (χ0v) is 14.6. The second-order valence-corrected chi connectivity index (χ2v) is 6.93. The lowest BCUT2D eigenvalue weighted by Gasteiger charge is -2.35. The van der Waals surface area contributed by atoms with E-state index in [0.29, 0.717) is 0 Å². The number of hydrogen-bond donors (Lipinski definition) is 0. The van der Waals surface area contributed by atoms with Crippen molar-refractivity contribution in [1.82, 2.24) is 4.90 Å². The summed E-state index contributed by atoms with van der Waals surface area (Å²) in [6.07, 6.45) is 17.1. The van der Waals surface area contributed by atoms with Crippen LogP contribution in [-0.2, 0) is 0 Å². The SMILES string of the molecule is CCCC1CCCCN1CCCCCCCCCBr. The molecule has 19 heavy (non-hydrogen) atoms. The van der Waals surface area contributed by atoms with Crippen molar-refractivity contribution in [2.24, 2.45) is 0 Å². The molecule has 0 bridgehead atoms. The monoisotopic (exact) mass is 331 g/mol. The summed E-state index contributed by atoms with van der Waals surface area (Å²) in [7, 11) is 0. The first-order chi connectivity index (χ1) is 9.38. The van der Waals surface area contributed by atoms with Gasteiger partial charge in [0.2, 0.25) is 0 Å². The van der Waals surface area contributed by atoms with Gasteiger partial charge in [-0.15, -0.1) is 0 Å². The van der Waals surface area contributed by atoms with Crippen molar-refractivity contribution in [3.05, 3.63) is 0 Å². The Bertz CT molecular complexity index is 194. The van der Waals surface area contributed by atoms with E-state index in [1.165, 1.54) is 95.5 Å². The van der Waals surface area contributed by atoms with Crippen LogP contribution in [0.5, 0.6) is 0 Å². The number of hydrogen-bond acceptors (Lipinski definition) is 1. The fourth-order valence-electron chi connectivity index (χ4n) is 3.31. The summed E-state index contributed by atoms with van der Waals surface area (Å²) in [5, 5.41) is 1.18. The van der Waals surface area contributed by atoms with E-state index in [9.17, 15) is 0 Å². The van der Waals surface area contributed by atoms with Crippen LogP contribution in [0.1, 0.15) is 84.0 Å². The third-order valence-electron chi connectivity index (χ3n) is 4.45. The van der Waals surface area contributed by atoms with E-state index in [0.717, 1.165) is 6.04 Å². The average Bonchev–Trinajstić information content (AvgIpc) is 2.44. The standard InChI is InChI=1S/C17H34BrN/c1-2-12-17-13-8-11-16-19(17)15-10-7-5-3-4-6-9-14-18/h17H,2-16H2,1H3. The van der Waals surface area contributed by atoms with E-state index in [2.05, 4.69) is 27.8 Å². The minimum Gasteiger partial charge on any atom is -0.300 e. The number of likely N-dealkylation sites (tertiary alicyclic amines) is 1. The van der Waals surface area contributed by atoms with Crippen LogP contribution in [0.15, 0.2) is 0 Å². The van der Waals surface area contributed by atoms with Gasteiger partial charge in [-0.05, 0) is 45.2 Å². The summed E-state index contributed by atoms with van der Waals surface area (Å²) in [6, 6.07) is 0.915. The van der Waals surface area contributed by atoms with Gasteiger partial charge in [0.1, 0.15) is 0 Å². The molecule has 1 aliphatic rings. The van der Waals surface area contributed by atoms with Gasteiger partial charge in [0.15, 0.2) is 0 Å². The van der Waals surface area contributed by atoms with Gasteiger partial charge in [-0.2, -0.15) is 0 Å². The minimum atomic E-state index is 0.915. The van der Waals surface area contributed by atoms with E-state index < -0.39 is 0 Å². The fourth-order valence-corrected chi connectivity index (χ4v) is 3.70. The highest BCUT2D eigenvalue weighted by molar-refractivity contribution is 9.09. The highest BCUT2D eigenvalue weighted by Crippen LogP contribution is 2.21. The normalized spacial score (nSPS) is 20.8. The molecule has 1 saturated heterocycles. The van der Waals surface area contributed by atoms with Crippen LogP contribution < -0.4 is 0 Å². The molecule has 1 rings (SSSR count). The first kappa shape index (κ1) is 17.5. The summed E-state index contributed by atoms with van der Waals surface area (Å²) in [5.41, 5.74) is 0. The number of halogens is 1. The fraction of sp³-hybridized carbons (Fsp3) is 1.00. The van der Waals surface area contributed by atoms with Crippen LogP contribution in [0.3, 0.4) is 0 Å². The highest BCUT2D eigenvalue weighted by Gasteiger charge is 2.20. The molecule has 114 valence electrons. The Morgan fingerprint density at radius 3 is 2.32 bits per heavy atom. The molecular formula is C17H34BrN. The molecule has 0 aromatic heterocycles. The Balaban J connectivity index is 1.97. The van der Waals surface area contributed by atoms with Crippen molar-refractivity contribution in [2.75, 3.05) is 18.4 Å². The van der Waals surface area contributed by atoms with Crippen molar-refractivity contribution in [3.63, 3.8) is 0 Å². The summed E-state index contributed by atoms with van der Waals surface area (Å²) >= 11 is 3.50. The lowest BCUT2D eigenvalue weighted by atomic mass is 9.97. The quantitative estimate of drug-likeness (QED) is 0.343. The molecule has 2 heteroatoms. The average molecular weight is 332 g/mol. The zero-order chi connectivity index (χ0) is 13.8. The second kappa shape index (κ2) is 12.2. The Kier molecular flexibility index (Phi) is 11.2. The number of unbranched alkanes of at least 4 members (excludes halogenated alkanes) is 6. The summed E-state index contributed by atoms with van der Waals surface area (Å²) in [5.74, 6) is 0. The molecule has 1 heterocycles. The zero-order valence-electron chi connectivity index (χ0n) is 13.0. The Morgan fingerprint density at radius 2 is 1.63 bits per heavy atom. The lowest BCUT2D eigenvalue weighted by Crippen LogP contribution is -2.39. The molecule has 0 aliphatic carbocycles. The predicted octanol–water partition coefficient (Wildman–Crippen LogP) is 5.77. The third kappa shape index (κ3) is 8.34. The maximum Gasteiger partial charge on any atom is 0.00951 e. The number of piperidine rings is 1. The Labute approximate surface area is 129 Å². The predicted molar refractivity (Wildman–Crippen MR) is 90.2 cm³/mol. The molecule has 1 aliphatic heterocycles. The van der Waals surface area contributed by atoms with Crippen LogP contribution in [0.25, 0.3) is 0 Å². The molecule has 1 unspecified atom stereocenters. The van der Waals surface area contributed by atoms with Crippen LogP contribution in [0.2, 0.25) is 0 Å². The second-order valence-electron chi connectivity index (χ2n) is 6.14. The van der Waals surface area contributed by atoms with Gasteiger partial charge in [-0.3, -0.25) is 0 Å². The smallest absolute Gasteiger partial charge is 0.00951 e. The van der Waals surface area contributed by atoms with Crippen molar-refractivity contribution >= 4 is 15.9 Å². The molecule has 0 amide bonds. The lowest BCUT2D eigenvalue weighted by molar-refractivity contribution is 0.136. The van der Waals surface area contributed by atoms with Gasteiger partial charge in [-0.1, -0.05) is 67.8 Å². The van der Waals surface area contributed by atoms with Gasteiger partial charge in [0.25, 0.3) is 0 Å². The van der Waals surface area contributed by atoms with E-state index in [1.807, 2.05) is 0 Å². The van der Waals surface area contributed by atoms with Gasteiger partial charge < -0.3 is 4.90 Å². The molecule has 0 saturated carbocycles. The van der Waals surface area contributed by atoms with Crippen molar-refractivity contribution in [2.45, 2.75) is 90.0 Å². The summed E-state index contributed by atoms with van der Waals surface area (Å²) in [4.78, 5) is 2.79. The molecule has 0 radical (unpaired) electrons. The first-order valence-corrected chi connectivity index (χ1v) is 9.80. The number of nitrogens with zero attached hydrogens (tertiary/aromatic N) is 1. The third-order valence-corrected chi connectivity index (χ3v) is 5.01. The molecule has 0 spiro atoms. The molecule has 1 nitrogen and oxygen atoms in total. The summed E-state index contributed by atoms with van der Waals surface area (Å²) in [6.45, 7) is 5.07. The topological polar surface area (TPSA) is 3.24 Å². The van der Waals surface area contributed by atoms with Gasteiger partial charge >= 0.3 is 0 Å².